The average Bonchev–Trinajstić information content (AvgIpc) is 3.06. The van der Waals surface area contributed by atoms with Gasteiger partial charge in [0.15, 0.2) is 0 Å². The molecule has 7 heteroatoms. The summed E-state index contributed by atoms with van der Waals surface area (Å²) in [6, 6.07) is 11.2. The quantitative estimate of drug-likeness (QED) is 0.746. The number of nitrogens with one attached hydrogen (secondary N) is 1. The zero-order chi connectivity index (χ0) is 20.9. The van der Waals surface area contributed by atoms with Crippen LogP contribution in [-0.2, 0) is 18.3 Å². The smallest absolute Gasteiger partial charge is 0.131 e. The van der Waals surface area contributed by atoms with Crippen molar-refractivity contribution in [3.63, 3.8) is 0 Å². The van der Waals surface area contributed by atoms with Crippen molar-refractivity contribution < 1.29 is 4.74 Å². The highest BCUT2D eigenvalue weighted by Gasteiger charge is 2.24. The summed E-state index contributed by atoms with van der Waals surface area (Å²) in [5.41, 5.74) is 3.77. The second-order valence-electron chi connectivity index (χ2n) is 8.56. The molecule has 3 heterocycles. The van der Waals surface area contributed by atoms with Gasteiger partial charge in [0, 0.05) is 71.0 Å². The Kier molecular flexibility index (Phi) is 7.04. The first-order chi connectivity index (χ1) is 14.6. The summed E-state index contributed by atoms with van der Waals surface area (Å²) < 4.78 is 7.60. The molecule has 0 amide bonds. The van der Waals surface area contributed by atoms with Crippen molar-refractivity contribution in [2.24, 2.45) is 7.05 Å². The third-order valence-corrected chi connectivity index (χ3v) is 6.39. The lowest BCUT2D eigenvalue weighted by Crippen LogP contribution is -2.47. The van der Waals surface area contributed by atoms with Crippen LogP contribution in [0.5, 0.6) is 0 Å². The van der Waals surface area contributed by atoms with Crippen molar-refractivity contribution >= 4 is 5.82 Å². The Morgan fingerprint density at radius 2 is 1.70 bits per heavy atom. The molecule has 2 fully saturated rings. The predicted octanol–water partition coefficient (Wildman–Crippen LogP) is 1.64. The van der Waals surface area contributed by atoms with Gasteiger partial charge in [-0.05, 0) is 19.5 Å². The topological polar surface area (TPSA) is 48.8 Å². The van der Waals surface area contributed by atoms with Gasteiger partial charge in [-0.3, -0.25) is 9.58 Å². The fourth-order valence-electron chi connectivity index (χ4n) is 4.55. The SMILES string of the molecule is Cc1nn(C)c(N2CCOCC2)c1CNC(CN1CCN(C)CC1)c1ccccc1. The molecule has 7 nitrogen and oxygen atoms in total. The molecule has 1 aromatic heterocycles. The van der Waals surface area contributed by atoms with E-state index in [4.69, 9.17) is 9.84 Å². The number of morpholine rings is 1. The van der Waals surface area contributed by atoms with Gasteiger partial charge in [-0.1, -0.05) is 30.3 Å². The highest BCUT2D eigenvalue weighted by molar-refractivity contribution is 5.50. The number of rotatable bonds is 7. The minimum atomic E-state index is 0.298. The van der Waals surface area contributed by atoms with Crippen LogP contribution in [0.1, 0.15) is 22.9 Å². The molecule has 2 saturated heterocycles. The van der Waals surface area contributed by atoms with E-state index >= 15 is 0 Å². The lowest BCUT2D eigenvalue weighted by Gasteiger charge is -2.35. The van der Waals surface area contributed by atoms with Crippen LogP contribution in [0.15, 0.2) is 30.3 Å². The van der Waals surface area contributed by atoms with Gasteiger partial charge in [0.05, 0.1) is 18.9 Å². The van der Waals surface area contributed by atoms with Gasteiger partial charge in [-0.2, -0.15) is 5.10 Å². The molecule has 30 heavy (non-hydrogen) atoms. The number of hydrogen-bond donors (Lipinski definition) is 1. The van der Waals surface area contributed by atoms with Crippen LogP contribution in [0.4, 0.5) is 5.82 Å². The predicted molar refractivity (Wildman–Crippen MR) is 121 cm³/mol. The van der Waals surface area contributed by atoms with Gasteiger partial charge in [0.2, 0.25) is 0 Å². The Hall–Kier alpha value is -1.93. The van der Waals surface area contributed by atoms with Crippen LogP contribution in [0, 0.1) is 6.92 Å². The third-order valence-electron chi connectivity index (χ3n) is 6.39. The van der Waals surface area contributed by atoms with Gasteiger partial charge in [0.1, 0.15) is 5.82 Å². The summed E-state index contributed by atoms with van der Waals surface area (Å²) in [4.78, 5) is 7.41. The summed E-state index contributed by atoms with van der Waals surface area (Å²) in [6.07, 6.45) is 0. The number of nitrogens with zero attached hydrogens (tertiary/aromatic N) is 5. The van der Waals surface area contributed by atoms with Crippen LogP contribution in [-0.4, -0.2) is 85.7 Å². The van der Waals surface area contributed by atoms with E-state index in [0.29, 0.717) is 6.04 Å². The average molecular weight is 413 g/mol. The molecule has 1 unspecified atom stereocenters. The first-order valence-corrected chi connectivity index (χ1v) is 11.2. The molecular weight excluding hydrogens is 376 g/mol. The summed E-state index contributed by atoms with van der Waals surface area (Å²) in [5.74, 6) is 1.23. The number of piperazine rings is 1. The van der Waals surface area contributed by atoms with E-state index in [1.54, 1.807) is 0 Å². The number of aromatic nitrogens is 2. The maximum absolute atomic E-state index is 5.56. The minimum absolute atomic E-state index is 0.298. The highest BCUT2D eigenvalue weighted by atomic mass is 16.5. The molecule has 0 aliphatic carbocycles. The Balaban J connectivity index is 1.50. The fraction of sp³-hybridized carbons (Fsp3) is 0.609. The Bertz CT molecular complexity index is 794. The van der Waals surface area contributed by atoms with Crippen LogP contribution >= 0.6 is 0 Å². The standard InChI is InChI=1S/C23H36N6O/c1-19-21(23(27(3)25-19)29-13-15-30-16-14-29)17-24-22(20-7-5-4-6-8-20)18-28-11-9-26(2)10-12-28/h4-8,22,24H,9-18H2,1-3H3. The summed E-state index contributed by atoms with van der Waals surface area (Å²) in [6.45, 7) is 11.9. The van der Waals surface area contributed by atoms with Gasteiger partial charge < -0.3 is 19.9 Å². The van der Waals surface area contributed by atoms with Crippen molar-refractivity contribution in [2.75, 3.05) is 71.0 Å². The second kappa shape index (κ2) is 9.92. The first-order valence-electron chi connectivity index (χ1n) is 11.2. The zero-order valence-electron chi connectivity index (χ0n) is 18.7. The lowest BCUT2D eigenvalue weighted by molar-refractivity contribution is 0.122. The van der Waals surface area contributed by atoms with Crippen molar-refractivity contribution in [3.8, 4) is 0 Å². The first kappa shape index (κ1) is 21.3. The van der Waals surface area contributed by atoms with Gasteiger partial charge in [-0.25, -0.2) is 0 Å². The van der Waals surface area contributed by atoms with E-state index in [1.165, 1.54) is 16.9 Å². The molecule has 1 aromatic carbocycles. The van der Waals surface area contributed by atoms with Crippen LogP contribution in [0.3, 0.4) is 0 Å². The second-order valence-corrected chi connectivity index (χ2v) is 8.56. The normalized spacial score (nSPS) is 19.9. The van der Waals surface area contributed by atoms with Crippen molar-refractivity contribution in [3.05, 3.63) is 47.2 Å². The molecule has 0 spiro atoms. The van der Waals surface area contributed by atoms with Crippen LogP contribution in [0.25, 0.3) is 0 Å². The van der Waals surface area contributed by atoms with Crippen molar-refractivity contribution in [2.45, 2.75) is 19.5 Å². The molecule has 1 N–H and O–H groups in total. The fourth-order valence-corrected chi connectivity index (χ4v) is 4.55. The molecule has 4 rings (SSSR count). The number of likely N-dealkylation sites (N-methyl/N-ethyl adjacent to an activating group) is 1. The number of anilines is 1. The monoisotopic (exact) mass is 412 g/mol. The van der Waals surface area contributed by atoms with Crippen molar-refractivity contribution in [1.29, 1.82) is 0 Å². The Morgan fingerprint density at radius 3 is 2.40 bits per heavy atom. The number of hydrogen-bond acceptors (Lipinski definition) is 6. The maximum atomic E-state index is 5.56. The van der Waals surface area contributed by atoms with E-state index in [1.807, 2.05) is 4.68 Å². The number of benzene rings is 1. The molecule has 0 saturated carbocycles. The molecule has 0 radical (unpaired) electrons. The Morgan fingerprint density at radius 1 is 1.00 bits per heavy atom. The highest BCUT2D eigenvalue weighted by Crippen LogP contribution is 2.25. The third kappa shape index (κ3) is 5.03. The molecule has 2 aliphatic rings. The van der Waals surface area contributed by atoms with Crippen LogP contribution < -0.4 is 10.2 Å². The molecule has 0 bridgehead atoms. The summed E-state index contributed by atoms with van der Waals surface area (Å²) in [7, 11) is 4.27. The molecule has 164 valence electrons. The zero-order valence-corrected chi connectivity index (χ0v) is 18.7. The van der Waals surface area contributed by atoms with E-state index < -0.39 is 0 Å². The van der Waals surface area contributed by atoms with E-state index in [-0.39, 0.29) is 0 Å². The van der Waals surface area contributed by atoms with E-state index in [2.05, 4.69) is 71.4 Å². The lowest BCUT2D eigenvalue weighted by atomic mass is 10.1. The summed E-state index contributed by atoms with van der Waals surface area (Å²) >= 11 is 0. The van der Waals surface area contributed by atoms with Gasteiger partial charge in [0.25, 0.3) is 0 Å². The summed E-state index contributed by atoms with van der Waals surface area (Å²) in [5, 5.41) is 8.62. The van der Waals surface area contributed by atoms with E-state index in [9.17, 15) is 0 Å². The molecule has 2 aliphatic heterocycles. The molecule has 2 aromatic rings. The Labute approximate surface area is 180 Å². The van der Waals surface area contributed by atoms with Crippen molar-refractivity contribution in [1.82, 2.24) is 24.9 Å². The largest absolute Gasteiger partial charge is 0.378 e. The molecule has 1 atom stereocenters. The van der Waals surface area contributed by atoms with Gasteiger partial charge in [-0.15, -0.1) is 0 Å². The molecular formula is C23H36N6O. The van der Waals surface area contributed by atoms with Gasteiger partial charge >= 0.3 is 0 Å². The minimum Gasteiger partial charge on any atom is -0.378 e. The van der Waals surface area contributed by atoms with E-state index in [0.717, 1.165) is 71.3 Å². The number of ether oxygens (including phenoxy) is 1. The number of aryl methyl sites for hydroxylation is 2. The maximum Gasteiger partial charge on any atom is 0.131 e. The van der Waals surface area contributed by atoms with Crippen LogP contribution in [0.2, 0.25) is 0 Å².